The number of sulfonamides is 1. The Morgan fingerprint density at radius 2 is 2.10 bits per heavy atom. The van der Waals surface area contributed by atoms with Crippen molar-refractivity contribution in [2.45, 2.75) is 18.7 Å². The minimum atomic E-state index is -3.77. The highest BCUT2D eigenvalue weighted by Gasteiger charge is 2.23. The van der Waals surface area contributed by atoms with Crippen LogP contribution < -0.4 is 10.5 Å². The Bertz CT molecular complexity index is 795. The van der Waals surface area contributed by atoms with Gasteiger partial charge in [0.05, 0.1) is 17.1 Å². The highest BCUT2D eigenvalue weighted by atomic mass is 79.9. The van der Waals surface area contributed by atoms with Crippen molar-refractivity contribution in [3.05, 3.63) is 39.6 Å². The SMILES string of the molecule is Cc1n[nH]c(C)c1S(=O)(=O)Nc1ccc(Br)cc1C(N)=S. The summed E-state index contributed by atoms with van der Waals surface area (Å²) in [5.74, 6) is 0. The predicted octanol–water partition coefficient (Wildman–Crippen LogP) is 2.22. The zero-order valence-corrected chi connectivity index (χ0v) is 14.5. The number of aromatic amines is 1. The lowest BCUT2D eigenvalue weighted by Crippen LogP contribution is -2.19. The molecule has 1 heterocycles. The molecule has 112 valence electrons. The van der Waals surface area contributed by atoms with Gasteiger partial charge in [0.1, 0.15) is 9.88 Å². The second kappa shape index (κ2) is 5.74. The summed E-state index contributed by atoms with van der Waals surface area (Å²) in [5.41, 5.74) is 7.27. The molecule has 0 aliphatic heterocycles. The fourth-order valence-electron chi connectivity index (χ4n) is 1.94. The molecule has 0 atom stereocenters. The normalized spacial score (nSPS) is 11.4. The van der Waals surface area contributed by atoms with Gasteiger partial charge in [-0.2, -0.15) is 5.10 Å². The van der Waals surface area contributed by atoms with Crippen LogP contribution in [0.5, 0.6) is 0 Å². The molecule has 0 spiro atoms. The van der Waals surface area contributed by atoms with Crippen LogP contribution in [0.4, 0.5) is 5.69 Å². The van der Waals surface area contributed by atoms with E-state index >= 15 is 0 Å². The number of rotatable bonds is 4. The maximum absolute atomic E-state index is 12.5. The highest BCUT2D eigenvalue weighted by molar-refractivity contribution is 9.10. The van der Waals surface area contributed by atoms with Gasteiger partial charge in [0.25, 0.3) is 10.0 Å². The number of halogens is 1. The van der Waals surface area contributed by atoms with Crippen LogP contribution >= 0.6 is 28.1 Å². The number of hydrogen-bond donors (Lipinski definition) is 3. The van der Waals surface area contributed by atoms with Gasteiger partial charge >= 0.3 is 0 Å². The van der Waals surface area contributed by atoms with E-state index in [1.807, 2.05) is 0 Å². The molecular weight excluding hydrogens is 376 g/mol. The van der Waals surface area contributed by atoms with Crippen molar-refractivity contribution in [3.63, 3.8) is 0 Å². The molecule has 1 aromatic heterocycles. The largest absolute Gasteiger partial charge is 0.389 e. The molecule has 9 heteroatoms. The lowest BCUT2D eigenvalue weighted by atomic mass is 10.2. The van der Waals surface area contributed by atoms with E-state index < -0.39 is 10.0 Å². The number of hydrogen-bond acceptors (Lipinski definition) is 4. The number of benzene rings is 1. The third-order valence-corrected chi connectivity index (χ3v) is 5.16. The molecule has 1 aromatic carbocycles. The van der Waals surface area contributed by atoms with Gasteiger partial charge < -0.3 is 5.73 Å². The van der Waals surface area contributed by atoms with Gasteiger partial charge in [0, 0.05) is 10.0 Å². The van der Waals surface area contributed by atoms with Gasteiger partial charge in [0.15, 0.2) is 0 Å². The zero-order chi connectivity index (χ0) is 15.8. The summed E-state index contributed by atoms with van der Waals surface area (Å²) in [5, 5.41) is 6.54. The van der Waals surface area contributed by atoms with Gasteiger partial charge in [-0.3, -0.25) is 9.82 Å². The molecule has 0 bridgehead atoms. The summed E-state index contributed by atoms with van der Waals surface area (Å²) < 4.78 is 28.3. The molecule has 0 saturated heterocycles. The Hall–Kier alpha value is -1.45. The average Bonchev–Trinajstić information content (AvgIpc) is 2.71. The van der Waals surface area contributed by atoms with Crippen LogP contribution in [0.15, 0.2) is 27.6 Å². The number of nitrogens with zero attached hydrogens (tertiary/aromatic N) is 1. The van der Waals surface area contributed by atoms with Gasteiger partial charge in [-0.15, -0.1) is 0 Å². The summed E-state index contributed by atoms with van der Waals surface area (Å²) >= 11 is 8.25. The van der Waals surface area contributed by atoms with Crippen LogP contribution in [0.25, 0.3) is 0 Å². The number of aromatic nitrogens is 2. The Kier molecular flexibility index (Phi) is 4.35. The molecule has 0 aliphatic carbocycles. The van der Waals surface area contributed by atoms with Crippen molar-refractivity contribution in [3.8, 4) is 0 Å². The van der Waals surface area contributed by atoms with Crippen LogP contribution in [0, 0.1) is 13.8 Å². The fourth-order valence-corrected chi connectivity index (χ4v) is 3.92. The van der Waals surface area contributed by atoms with Crippen LogP contribution in [0.1, 0.15) is 17.0 Å². The van der Waals surface area contributed by atoms with E-state index in [1.54, 1.807) is 32.0 Å². The number of thiocarbonyl (C=S) groups is 1. The first-order chi connectivity index (χ1) is 9.72. The van der Waals surface area contributed by atoms with Gasteiger partial charge in [-0.1, -0.05) is 28.1 Å². The van der Waals surface area contributed by atoms with Crippen molar-refractivity contribution in [2.75, 3.05) is 4.72 Å². The smallest absolute Gasteiger partial charge is 0.265 e. The summed E-state index contributed by atoms with van der Waals surface area (Å²) in [7, 11) is -3.77. The van der Waals surface area contributed by atoms with Crippen molar-refractivity contribution < 1.29 is 8.42 Å². The monoisotopic (exact) mass is 388 g/mol. The van der Waals surface area contributed by atoms with Crippen molar-refractivity contribution in [2.24, 2.45) is 5.73 Å². The molecule has 0 saturated carbocycles. The Morgan fingerprint density at radius 3 is 2.62 bits per heavy atom. The maximum Gasteiger partial charge on any atom is 0.265 e. The number of aryl methyl sites for hydroxylation is 2. The molecule has 6 nitrogen and oxygen atoms in total. The molecular formula is C12H13BrN4O2S2. The van der Waals surface area contributed by atoms with E-state index in [2.05, 4.69) is 30.8 Å². The van der Waals surface area contributed by atoms with Crippen LogP contribution in [0.2, 0.25) is 0 Å². The second-order valence-corrected chi connectivity index (χ2v) is 7.40. The molecule has 0 aliphatic rings. The van der Waals surface area contributed by atoms with Gasteiger partial charge in [-0.25, -0.2) is 8.42 Å². The lowest BCUT2D eigenvalue weighted by Gasteiger charge is -2.12. The summed E-state index contributed by atoms with van der Waals surface area (Å²) in [6.07, 6.45) is 0. The zero-order valence-electron chi connectivity index (χ0n) is 11.3. The number of H-pyrrole nitrogens is 1. The van der Waals surface area contributed by atoms with Gasteiger partial charge in [-0.05, 0) is 32.0 Å². The summed E-state index contributed by atoms with van der Waals surface area (Å²) in [6, 6.07) is 4.96. The van der Waals surface area contributed by atoms with E-state index in [1.165, 1.54) is 0 Å². The van der Waals surface area contributed by atoms with Crippen LogP contribution in [-0.4, -0.2) is 23.6 Å². The van der Waals surface area contributed by atoms with Crippen LogP contribution in [-0.2, 0) is 10.0 Å². The third-order valence-electron chi connectivity index (χ3n) is 2.82. The van der Waals surface area contributed by atoms with E-state index in [0.29, 0.717) is 22.6 Å². The molecule has 2 rings (SSSR count). The third kappa shape index (κ3) is 3.25. The molecule has 2 aromatic rings. The second-order valence-electron chi connectivity index (χ2n) is 4.42. The standard InChI is InChI=1S/C12H13BrN4O2S2/c1-6-11(7(2)16-15-6)21(18,19)17-10-4-3-8(13)5-9(10)12(14)20/h3-5,17H,1-2H3,(H2,14,20)(H,15,16). The van der Waals surface area contributed by atoms with Crippen molar-refractivity contribution in [1.82, 2.24) is 10.2 Å². The Morgan fingerprint density at radius 1 is 1.43 bits per heavy atom. The summed E-state index contributed by atoms with van der Waals surface area (Å²) in [6.45, 7) is 3.26. The maximum atomic E-state index is 12.5. The minimum absolute atomic E-state index is 0.106. The Labute approximate surface area is 136 Å². The molecule has 21 heavy (non-hydrogen) atoms. The number of nitrogens with one attached hydrogen (secondary N) is 2. The van der Waals surface area contributed by atoms with E-state index in [0.717, 1.165) is 4.47 Å². The topological polar surface area (TPSA) is 101 Å². The summed E-state index contributed by atoms with van der Waals surface area (Å²) in [4.78, 5) is 0.231. The first kappa shape index (κ1) is 15.9. The van der Waals surface area contributed by atoms with E-state index in [4.69, 9.17) is 18.0 Å². The molecule has 0 fully saturated rings. The average molecular weight is 389 g/mol. The van der Waals surface area contributed by atoms with E-state index in [9.17, 15) is 8.42 Å². The Balaban J connectivity index is 2.50. The fraction of sp³-hybridized carbons (Fsp3) is 0.167. The molecule has 0 radical (unpaired) electrons. The predicted molar refractivity (Wildman–Crippen MR) is 88.9 cm³/mol. The number of nitrogens with two attached hydrogens (primary N) is 1. The molecule has 4 N–H and O–H groups in total. The quantitative estimate of drug-likeness (QED) is 0.697. The molecule has 0 unspecified atom stereocenters. The van der Waals surface area contributed by atoms with Crippen LogP contribution in [0.3, 0.4) is 0 Å². The lowest BCUT2D eigenvalue weighted by molar-refractivity contribution is 0.600. The first-order valence-electron chi connectivity index (χ1n) is 5.86. The first-order valence-corrected chi connectivity index (χ1v) is 8.54. The number of anilines is 1. The highest BCUT2D eigenvalue weighted by Crippen LogP contribution is 2.25. The van der Waals surface area contributed by atoms with E-state index in [-0.39, 0.29) is 9.88 Å². The minimum Gasteiger partial charge on any atom is -0.389 e. The van der Waals surface area contributed by atoms with Gasteiger partial charge in [0.2, 0.25) is 0 Å². The van der Waals surface area contributed by atoms with Crippen molar-refractivity contribution in [1.29, 1.82) is 0 Å². The van der Waals surface area contributed by atoms with Crippen molar-refractivity contribution >= 4 is 48.8 Å². The molecule has 0 amide bonds.